The van der Waals surface area contributed by atoms with Crippen LogP contribution in [0.25, 0.3) is 0 Å². The highest BCUT2D eigenvalue weighted by Gasteiger charge is 2.53. The van der Waals surface area contributed by atoms with Gasteiger partial charge >= 0.3 is 0 Å². The molecule has 3 fully saturated rings. The highest BCUT2D eigenvalue weighted by atomic mass is 16.3. The highest BCUT2D eigenvalue weighted by molar-refractivity contribution is 5.94. The molecule has 1 amide bonds. The van der Waals surface area contributed by atoms with Crippen LogP contribution in [0.3, 0.4) is 0 Å². The van der Waals surface area contributed by atoms with Crippen LogP contribution >= 0.6 is 0 Å². The molecule has 16 heavy (non-hydrogen) atoms. The Kier molecular flexibility index (Phi) is 2.13. The zero-order valence-electron chi connectivity index (χ0n) is 9.62. The van der Waals surface area contributed by atoms with E-state index in [1.807, 2.05) is 6.92 Å². The van der Waals surface area contributed by atoms with E-state index in [9.17, 15) is 9.90 Å². The molecule has 0 aromatic rings. The number of aliphatic hydroxyl groups is 1. The van der Waals surface area contributed by atoms with Gasteiger partial charge in [0, 0.05) is 18.7 Å². The molecule has 0 radical (unpaired) electrons. The average molecular weight is 222 g/mol. The Morgan fingerprint density at radius 2 is 2.06 bits per heavy atom. The highest BCUT2D eigenvalue weighted by Crippen LogP contribution is 2.44. The van der Waals surface area contributed by atoms with Gasteiger partial charge in [-0.25, -0.2) is 0 Å². The van der Waals surface area contributed by atoms with Gasteiger partial charge in [-0.1, -0.05) is 0 Å². The van der Waals surface area contributed by atoms with Gasteiger partial charge in [-0.15, -0.1) is 0 Å². The molecule has 4 heteroatoms. The zero-order valence-corrected chi connectivity index (χ0v) is 9.62. The minimum atomic E-state index is -0.557. The van der Waals surface area contributed by atoms with E-state index < -0.39 is 5.60 Å². The Balaban J connectivity index is 1.61. The maximum absolute atomic E-state index is 12.0. The van der Waals surface area contributed by atoms with Crippen LogP contribution in [0.1, 0.15) is 19.8 Å². The second-order valence-corrected chi connectivity index (χ2v) is 5.37. The summed E-state index contributed by atoms with van der Waals surface area (Å²) in [4.78, 5) is 13.8. The Labute approximate surface area is 95.3 Å². The lowest BCUT2D eigenvalue weighted by atomic mass is 9.87. The number of amides is 1. The van der Waals surface area contributed by atoms with Crippen molar-refractivity contribution < 1.29 is 9.90 Å². The Morgan fingerprint density at radius 3 is 2.50 bits per heavy atom. The second-order valence-electron chi connectivity index (χ2n) is 5.37. The fourth-order valence-electron chi connectivity index (χ4n) is 2.54. The smallest absolute Gasteiger partial charge is 0.249 e. The molecule has 1 aliphatic carbocycles. The summed E-state index contributed by atoms with van der Waals surface area (Å²) < 4.78 is 0. The number of nitrogens with one attached hydrogen (secondary N) is 1. The van der Waals surface area contributed by atoms with E-state index in [-0.39, 0.29) is 5.91 Å². The third-order valence-electron chi connectivity index (χ3n) is 4.08. The van der Waals surface area contributed by atoms with Crippen molar-refractivity contribution >= 4 is 5.91 Å². The molecular weight excluding hydrogens is 204 g/mol. The van der Waals surface area contributed by atoms with E-state index in [1.54, 1.807) is 4.90 Å². The molecule has 2 heterocycles. The fraction of sp³-hybridized carbons (Fsp3) is 0.750. The Morgan fingerprint density at radius 1 is 1.44 bits per heavy atom. The van der Waals surface area contributed by atoms with Crippen LogP contribution in [0, 0.1) is 5.92 Å². The van der Waals surface area contributed by atoms with E-state index in [1.165, 1.54) is 5.57 Å². The summed E-state index contributed by atoms with van der Waals surface area (Å²) in [5.41, 5.74) is 1.53. The van der Waals surface area contributed by atoms with Crippen molar-refractivity contribution in [2.24, 2.45) is 5.92 Å². The molecule has 0 aromatic carbocycles. The lowest BCUT2D eigenvalue weighted by Gasteiger charge is -2.47. The SMILES string of the molecule is CC(C(=O)N1CC(O)(C2CC2)C1)=C1CNC1. The quantitative estimate of drug-likeness (QED) is 0.641. The number of likely N-dealkylation sites (tertiary alicyclic amines) is 1. The molecule has 2 aliphatic heterocycles. The van der Waals surface area contributed by atoms with Crippen molar-refractivity contribution in [3.8, 4) is 0 Å². The number of hydrogen-bond donors (Lipinski definition) is 2. The molecular formula is C12H18N2O2. The first kappa shape index (κ1) is 10.3. The molecule has 3 rings (SSSR count). The van der Waals surface area contributed by atoms with Crippen LogP contribution in [0.15, 0.2) is 11.1 Å². The van der Waals surface area contributed by atoms with Crippen molar-refractivity contribution in [2.75, 3.05) is 26.2 Å². The van der Waals surface area contributed by atoms with Gasteiger partial charge in [0.2, 0.25) is 5.91 Å². The van der Waals surface area contributed by atoms with Gasteiger partial charge in [-0.3, -0.25) is 4.79 Å². The number of carbonyl (C=O) groups excluding carboxylic acids is 1. The molecule has 0 aromatic heterocycles. The topological polar surface area (TPSA) is 52.6 Å². The fourth-order valence-corrected chi connectivity index (χ4v) is 2.54. The van der Waals surface area contributed by atoms with Gasteiger partial charge in [0.1, 0.15) is 5.60 Å². The van der Waals surface area contributed by atoms with E-state index in [0.29, 0.717) is 19.0 Å². The first-order valence-corrected chi connectivity index (χ1v) is 6.01. The average Bonchev–Trinajstić information content (AvgIpc) is 2.91. The summed E-state index contributed by atoms with van der Waals surface area (Å²) >= 11 is 0. The van der Waals surface area contributed by atoms with E-state index >= 15 is 0 Å². The summed E-state index contributed by atoms with van der Waals surface area (Å²) in [5.74, 6) is 0.566. The maximum atomic E-state index is 12.0. The van der Waals surface area contributed by atoms with Gasteiger partial charge in [0.15, 0.2) is 0 Å². The van der Waals surface area contributed by atoms with Gasteiger partial charge in [0.05, 0.1) is 13.1 Å². The lowest BCUT2D eigenvalue weighted by molar-refractivity contribution is -0.155. The van der Waals surface area contributed by atoms with Crippen molar-refractivity contribution in [3.63, 3.8) is 0 Å². The molecule has 0 unspecified atom stereocenters. The van der Waals surface area contributed by atoms with Gasteiger partial charge in [-0.05, 0) is 31.3 Å². The van der Waals surface area contributed by atoms with Crippen LogP contribution in [0.4, 0.5) is 0 Å². The van der Waals surface area contributed by atoms with Crippen molar-refractivity contribution in [3.05, 3.63) is 11.1 Å². The number of hydrogen-bond acceptors (Lipinski definition) is 3. The molecule has 1 saturated carbocycles. The first-order chi connectivity index (χ1) is 7.60. The Bertz CT molecular complexity index is 359. The van der Waals surface area contributed by atoms with Gasteiger partial charge in [-0.2, -0.15) is 0 Å². The molecule has 0 atom stereocenters. The standard InChI is InChI=1S/C12H18N2O2/c1-8(9-4-13-5-9)11(15)14-6-12(16,7-14)10-2-3-10/h10,13,16H,2-7H2,1H3. The van der Waals surface area contributed by atoms with Crippen molar-refractivity contribution in [2.45, 2.75) is 25.4 Å². The van der Waals surface area contributed by atoms with E-state index in [4.69, 9.17) is 0 Å². The first-order valence-electron chi connectivity index (χ1n) is 6.01. The van der Waals surface area contributed by atoms with Crippen molar-refractivity contribution in [1.82, 2.24) is 10.2 Å². The lowest BCUT2D eigenvalue weighted by Crippen LogP contribution is -2.65. The van der Waals surface area contributed by atoms with Crippen LogP contribution in [0.5, 0.6) is 0 Å². The number of nitrogens with zero attached hydrogens (tertiary/aromatic N) is 1. The molecule has 2 saturated heterocycles. The predicted octanol–water partition coefficient (Wildman–Crippen LogP) is -0.111. The van der Waals surface area contributed by atoms with Crippen molar-refractivity contribution in [1.29, 1.82) is 0 Å². The summed E-state index contributed by atoms with van der Waals surface area (Å²) in [5, 5.41) is 13.3. The molecule has 0 bridgehead atoms. The normalized spacial score (nSPS) is 27.1. The predicted molar refractivity (Wildman–Crippen MR) is 59.8 cm³/mol. The molecule has 2 N–H and O–H groups in total. The number of rotatable bonds is 2. The third-order valence-corrected chi connectivity index (χ3v) is 4.08. The maximum Gasteiger partial charge on any atom is 0.249 e. The number of β-amino-alcohol motifs (C(OH)–C–C–N with tert-alkyl or cyclic N) is 1. The Hall–Kier alpha value is -0.870. The van der Waals surface area contributed by atoms with Gasteiger partial charge < -0.3 is 15.3 Å². The van der Waals surface area contributed by atoms with Crippen LogP contribution in [-0.2, 0) is 4.79 Å². The molecule has 88 valence electrons. The summed E-state index contributed by atoms with van der Waals surface area (Å²) in [7, 11) is 0. The molecule has 3 aliphatic rings. The zero-order chi connectivity index (χ0) is 11.3. The summed E-state index contributed by atoms with van der Waals surface area (Å²) in [6, 6.07) is 0. The third kappa shape index (κ3) is 1.48. The monoisotopic (exact) mass is 222 g/mol. The second kappa shape index (κ2) is 3.31. The van der Waals surface area contributed by atoms with Crippen LogP contribution in [0.2, 0.25) is 0 Å². The minimum absolute atomic E-state index is 0.113. The number of carbonyl (C=O) groups is 1. The minimum Gasteiger partial charge on any atom is -0.386 e. The van der Waals surface area contributed by atoms with Gasteiger partial charge in [0.25, 0.3) is 0 Å². The van der Waals surface area contributed by atoms with Crippen LogP contribution < -0.4 is 5.32 Å². The summed E-state index contributed by atoms with van der Waals surface area (Å²) in [6.45, 7) is 4.66. The van der Waals surface area contributed by atoms with E-state index in [0.717, 1.165) is 31.5 Å². The van der Waals surface area contributed by atoms with Crippen LogP contribution in [-0.4, -0.2) is 47.7 Å². The largest absolute Gasteiger partial charge is 0.386 e. The molecule has 4 nitrogen and oxygen atoms in total. The summed E-state index contributed by atoms with van der Waals surface area (Å²) in [6.07, 6.45) is 2.26. The van der Waals surface area contributed by atoms with E-state index in [2.05, 4.69) is 5.32 Å². The molecule has 0 spiro atoms.